The Labute approximate surface area is 173 Å². The molecule has 2 bridgehead atoms. The molecule has 0 aliphatic carbocycles. The second kappa shape index (κ2) is 7.72. The first-order chi connectivity index (χ1) is 14.6. The van der Waals surface area contributed by atoms with Gasteiger partial charge in [0.05, 0.1) is 16.7 Å². The summed E-state index contributed by atoms with van der Waals surface area (Å²) in [6.07, 6.45) is -5.52. The minimum Gasteiger partial charge on any atom is -0.490 e. The summed E-state index contributed by atoms with van der Waals surface area (Å²) in [7, 11) is 0. The Hall–Kier alpha value is -2.78. The molecule has 0 spiro atoms. The number of piperidine rings is 1. The molecule has 0 saturated carbocycles. The molecular formula is C21H18F6N2O2. The molecule has 2 unspecified atom stereocenters. The van der Waals surface area contributed by atoms with Crippen LogP contribution in [0.3, 0.4) is 0 Å². The van der Waals surface area contributed by atoms with Crippen molar-refractivity contribution in [1.82, 2.24) is 4.98 Å². The number of alkyl halides is 6. The van der Waals surface area contributed by atoms with Crippen molar-refractivity contribution in [3.63, 3.8) is 0 Å². The number of pyridine rings is 1. The summed E-state index contributed by atoms with van der Waals surface area (Å²) in [4.78, 5) is 17.3. The van der Waals surface area contributed by atoms with Gasteiger partial charge < -0.3 is 9.64 Å². The first kappa shape index (κ1) is 21.5. The molecule has 1 aromatic carbocycles. The number of nitrogens with zero attached hydrogens (tertiary/aromatic N) is 2. The molecule has 2 aliphatic heterocycles. The molecule has 3 heterocycles. The van der Waals surface area contributed by atoms with Crippen molar-refractivity contribution in [3.8, 4) is 5.75 Å². The van der Waals surface area contributed by atoms with E-state index in [0.29, 0.717) is 24.9 Å². The van der Waals surface area contributed by atoms with Crippen LogP contribution in [-0.2, 0) is 12.4 Å². The number of rotatable bonds is 4. The van der Waals surface area contributed by atoms with E-state index in [1.807, 2.05) is 4.90 Å². The van der Waals surface area contributed by atoms with Gasteiger partial charge in [-0.25, -0.2) is 4.98 Å². The van der Waals surface area contributed by atoms with Gasteiger partial charge in [0.2, 0.25) is 0 Å². The van der Waals surface area contributed by atoms with Gasteiger partial charge in [0, 0.05) is 31.1 Å². The van der Waals surface area contributed by atoms with Gasteiger partial charge in [-0.05, 0) is 43.2 Å². The van der Waals surface area contributed by atoms with Crippen molar-refractivity contribution in [2.24, 2.45) is 0 Å². The molecule has 2 fully saturated rings. The van der Waals surface area contributed by atoms with E-state index < -0.39 is 23.5 Å². The highest BCUT2D eigenvalue weighted by Gasteiger charge is 2.43. The first-order valence-electron chi connectivity index (χ1n) is 9.71. The summed E-state index contributed by atoms with van der Waals surface area (Å²) in [5.74, 6) is 0.551. The molecule has 31 heavy (non-hydrogen) atoms. The van der Waals surface area contributed by atoms with E-state index >= 15 is 0 Å². The van der Waals surface area contributed by atoms with Gasteiger partial charge in [0.15, 0.2) is 6.29 Å². The highest BCUT2D eigenvalue weighted by molar-refractivity contribution is 5.79. The zero-order chi connectivity index (χ0) is 22.4. The van der Waals surface area contributed by atoms with E-state index in [0.717, 1.165) is 43.3 Å². The van der Waals surface area contributed by atoms with Crippen molar-refractivity contribution < 1.29 is 35.9 Å². The van der Waals surface area contributed by atoms with Gasteiger partial charge in [-0.1, -0.05) is 0 Å². The fourth-order valence-corrected chi connectivity index (χ4v) is 4.41. The van der Waals surface area contributed by atoms with Crippen molar-refractivity contribution >= 4 is 12.1 Å². The second-order valence-electron chi connectivity index (χ2n) is 7.77. The largest absolute Gasteiger partial charge is 0.490 e. The van der Waals surface area contributed by atoms with Crippen molar-refractivity contribution in [3.05, 3.63) is 53.2 Å². The fourth-order valence-electron chi connectivity index (χ4n) is 4.41. The average molecular weight is 444 g/mol. The Balaban J connectivity index is 1.48. The van der Waals surface area contributed by atoms with E-state index in [1.165, 1.54) is 6.07 Å². The number of ether oxygens (including phenoxy) is 1. The molecule has 4 rings (SSSR count). The van der Waals surface area contributed by atoms with Crippen LogP contribution in [0.25, 0.3) is 0 Å². The Kier molecular flexibility index (Phi) is 5.35. The fraction of sp³-hybridized carbons (Fsp3) is 0.429. The van der Waals surface area contributed by atoms with Crippen LogP contribution in [0.1, 0.15) is 47.2 Å². The van der Waals surface area contributed by atoms with E-state index in [9.17, 15) is 31.1 Å². The van der Waals surface area contributed by atoms with Crippen LogP contribution < -0.4 is 9.64 Å². The smallest absolute Gasteiger partial charge is 0.417 e. The Morgan fingerprint density at radius 1 is 0.935 bits per heavy atom. The van der Waals surface area contributed by atoms with Gasteiger partial charge >= 0.3 is 12.4 Å². The molecule has 10 heteroatoms. The maximum atomic E-state index is 12.9. The zero-order valence-electron chi connectivity index (χ0n) is 16.1. The Morgan fingerprint density at radius 3 is 2.06 bits per heavy atom. The van der Waals surface area contributed by atoms with Crippen LogP contribution in [0.5, 0.6) is 5.75 Å². The van der Waals surface area contributed by atoms with Gasteiger partial charge in [0.1, 0.15) is 17.7 Å². The van der Waals surface area contributed by atoms with Crippen LogP contribution in [0, 0.1) is 0 Å². The highest BCUT2D eigenvalue weighted by atomic mass is 19.4. The Morgan fingerprint density at radius 2 is 1.55 bits per heavy atom. The van der Waals surface area contributed by atoms with Crippen molar-refractivity contribution in [2.45, 2.75) is 56.2 Å². The molecule has 2 aliphatic rings. The normalized spacial score (nSPS) is 23.7. The number of aldehydes is 1. The summed E-state index contributed by atoms with van der Waals surface area (Å²) in [5, 5.41) is 0. The van der Waals surface area contributed by atoms with E-state index in [1.54, 1.807) is 0 Å². The molecule has 4 nitrogen and oxygen atoms in total. The third-order valence-electron chi connectivity index (χ3n) is 5.79. The number of hydrogen-bond donors (Lipinski definition) is 0. The van der Waals surface area contributed by atoms with Gasteiger partial charge in [-0.3, -0.25) is 4.79 Å². The topological polar surface area (TPSA) is 42.4 Å². The summed E-state index contributed by atoms with van der Waals surface area (Å²) in [6.45, 7) is 0. The Bertz CT molecular complexity index is 944. The highest BCUT2D eigenvalue weighted by Crippen LogP contribution is 2.41. The number of benzene rings is 1. The summed E-state index contributed by atoms with van der Waals surface area (Å²) in [5.41, 5.74) is -1.91. The molecule has 2 saturated heterocycles. The number of fused-ring (bicyclic) bond motifs is 2. The zero-order valence-corrected chi connectivity index (χ0v) is 16.1. The molecule has 2 aromatic rings. The lowest BCUT2D eigenvalue weighted by Crippen LogP contribution is -2.47. The summed E-state index contributed by atoms with van der Waals surface area (Å²) < 4.78 is 82.8. The lowest BCUT2D eigenvalue weighted by atomic mass is 9.99. The van der Waals surface area contributed by atoms with Crippen LogP contribution >= 0.6 is 0 Å². The molecule has 1 aromatic heterocycles. The van der Waals surface area contributed by atoms with Gasteiger partial charge in [-0.15, -0.1) is 0 Å². The number of aromatic nitrogens is 1. The molecule has 0 N–H and O–H groups in total. The van der Waals surface area contributed by atoms with Crippen LogP contribution in [0.2, 0.25) is 0 Å². The maximum Gasteiger partial charge on any atom is 0.417 e. The van der Waals surface area contributed by atoms with Crippen LogP contribution in [0.15, 0.2) is 36.5 Å². The number of hydrogen-bond acceptors (Lipinski definition) is 4. The lowest BCUT2D eigenvalue weighted by Gasteiger charge is -2.39. The molecule has 3 atom stereocenters. The molecule has 0 radical (unpaired) electrons. The minimum atomic E-state index is -4.56. The summed E-state index contributed by atoms with van der Waals surface area (Å²) >= 11 is 0. The first-order valence-corrected chi connectivity index (χ1v) is 9.71. The van der Waals surface area contributed by atoms with Crippen LogP contribution in [0.4, 0.5) is 32.2 Å². The van der Waals surface area contributed by atoms with E-state index in [4.69, 9.17) is 4.74 Å². The lowest BCUT2D eigenvalue weighted by molar-refractivity contribution is -0.138. The van der Waals surface area contributed by atoms with Gasteiger partial charge in [-0.2, -0.15) is 26.3 Å². The van der Waals surface area contributed by atoms with Crippen molar-refractivity contribution in [2.75, 3.05) is 4.90 Å². The average Bonchev–Trinajstić information content (AvgIpc) is 2.97. The van der Waals surface area contributed by atoms with Gasteiger partial charge in [0.25, 0.3) is 0 Å². The number of anilines is 1. The second-order valence-corrected chi connectivity index (χ2v) is 7.77. The number of carbonyl (C=O) groups is 1. The van der Waals surface area contributed by atoms with E-state index in [2.05, 4.69) is 4.98 Å². The number of halogens is 6. The summed E-state index contributed by atoms with van der Waals surface area (Å²) in [6, 6.07) is 5.12. The SMILES string of the molecule is O=Cc1cc(C(F)(F)F)ccc1OC1CC2CC[C@@H](C1)N2c1ccc(C(F)(F)F)cn1. The third kappa shape index (κ3) is 4.33. The molecule has 0 amide bonds. The molecular weight excluding hydrogens is 426 g/mol. The maximum absolute atomic E-state index is 12.9. The van der Waals surface area contributed by atoms with E-state index in [-0.39, 0.29) is 29.5 Å². The standard InChI is InChI=1S/C21H18F6N2O2/c22-20(23,24)13-1-5-18(12(7-13)11-30)31-17-8-15-3-4-16(9-17)29(15)19-6-2-14(10-28-19)21(25,26)27/h1-2,5-7,10-11,15-17H,3-4,8-9H2/t15-,16?,17?/m0/s1. The predicted molar refractivity (Wildman–Crippen MR) is 99.0 cm³/mol. The predicted octanol–water partition coefficient (Wildman–Crippen LogP) is 5.51. The van der Waals surface area contributed by atoms with Crippen molar-refractivity contribution in [1.29, 1.82) is 0 Å². The molecule has 166 valence electrons. The monoisotopic (exact) mass is 444 g/mol. The minimum absolute atomic E-state index is 0.0119. The third-order valence-corrected chi connectivity index (χ3v) is 5.79. The quantitative estimate of drug-likeness (QED) is 0.461. The number of carbonyl (C=O) groups excluding carboxylic acids is 1. The van der Waals surface area contributed by atoms with Crippen LogP contribution in [-0.4, -0.2) is 29.5 Å².